The van der Waals surface area contributed by atoms with Crippen molar-refractivity contribution in [3.8, 4) is 0 Å². The van der Waals surface area contributed by atoms with Gasteiger partial charge in [0.25, 0.3) is 0 Å². The summed E-state index contributed by atoms with van der Waals surface area (Å²) in [5, 5.41) is 6.89. The van der Waals surface area contributed by atoms with Crippen LogP contribution >= 0.6 is 12.2 Å². The van der Waals surface area contributed by atoms with Gasteiger partial charge in [0.05, 0.1) is 6.04 Å². The van der Waals surface area contributed by atoms with E-state index in [9.17, 15) is 4.39 Å². The SMILES string of the molecule is CC(NC(=S)Nc1ccc(F)cc1)c1ccc2c(c1)CCC2. The number of thiocarbonyl (C=S) groups is 1. The van der Waals surface area contributed by atoms with E-state index in [1.807, 2.05) is 0 Å². The zero-order valence-corrected chi connectivity index (χ0v) is 13.3. The van der Waals surface area contributed by atoms with Crippen molar-refractivity contribution in [2.24, 2.45) is 0 Å². The van der Waals surface area contributed by atoms with Crippen molar-refractivity contribution in [2.75, 3.05) is 5.32 Å². The van der Waals surface area contributed by atoms with Crippen LogP contribution in [0, 0.1) is 5.82 Å². The standard InChI is InChI=1S/C18H19FN2S/c1-12(14-6-5-13-3-2-4-15(13)11-14)20-18(22)21-17-9-7-16(19)8-10-17/h5-12H,2-4H2,1H3,(H2,20,21,22). The predicted octanol–water partition coefficient (Wildman–Crippen LogP) is 4.36. The van der Waals surface area contributed by atoms with Crippen LogP contribution in [0.25, 0.3) is 0 Å². The Morgan fingerprint density at radius 3 is 2.59 bits per heavy atom. The fourth-order valence-electron chi connectivity index (χ4n) is 2.84. The van der Waals surface area contributed by atoms with E-state index in [1.165, 1.54) is 48.1 Å². The van der Waals surface area contributed by atoms with Gasteiger partial charge in [-0.25, -0.2) is 4.39 Å². The summed E-state index contributed by atoms with van der Waals surface area (Å²) in [4.78, 5) is 0. The summed E-state index contributed by atoms with van der Waals surface area (Å²) >= 11 is 5.33. The van der Waals surface area contributed by atoms with Crippen LogP contribution in [-0.2, 0) is 12.8 Å². The van der Waals surface area contributed by atoms with E-state index in [-0.39, 0.29) is 11.9 Å². The lowest BCUT2D eigenvalue weighted by molar-refractivity contribution is 0.628. The van der Waals surface area contributed by atoms with Crippen LogP contribution in [0.15, 0.2) is 42.5 Å². The van der Waals surface area contributed by atoms with Crippen LogP contribution in [0.3, 0.4) is 0 Å². The van der Waals surface area contributed by atoms with Crippen LogP contribution in [-0.4, -0.2) is 5.11 Å². The molecule has 0 spiro atoms. The Bertz CT molecular complexity index is 682. The molecule has 2 aromatic carbocycles. The largest absolute Gasteiger partial charge is 0.356 e. The van der Waals surface area contributed by atoms with E-state index >= 15 is 0 Å². The Balaban J connectivity index is 1.62. The lowest BCUT2D eigenvalue weighted by Gasteiger charge is -2.18. The van der Waals surface area contributed by atoms with Crippen LogP contribution in [0.1, 0.15) is 36.1 Å². The molecule has 1 aliphatic rings. The second-order valence-corrected chi connectivity index (χ2v) is 6.12. The Labute approximate surface area is 135 Å². The summed E-state index contributed by atoms with van der Waals surface area (Å²) in [5.41, 5.74) is 4.95. The first-order valence-electron chi connectivity index (χ1n) is 7.56. The Morgan fingerprint density at radius 2 is 1.82 bits per heavy atom. The summed E-state index contributed by atoms with van der Waals surface area (Å²) in [6.07, 6.45) is 3.63. The third kappa shape index (κ3) is 3.45. The molecule has 0 saturated heterocycles. The Hall–Kier alpha value is -1.94. The number of aryl methyl sites for hydroxylation is 2. The maximum Gasteiger partial charge on any atom is 0.171 e. The maximum atomic E-state index is 12.9. The minimum absolute atomic E-state index is 0.131. The molecule has 0 heterocycles. The van der Waals surface area contributed by atoms with Crippen LogP contribution in [0.4, 0.5) is 10.1 Å². The molecule has 1 aliphatic carbocycles. The maximum absolute atomic E-state index is 12.9. The molecule has 1 unspecified atom stereocenters. The molecule has 2 aromatic rings. The quantitative estimate of drug-likeness (QED) is 0.823. The fraction of sp³-hybridized carbons (Fsp3) is 0.278. The molecule has 0 radical (unpaired) electrons. The number of rotatable bonds is 3. The fourth-order valence-corrected chi connectivity index (χ4v) is 3.14. The first-order chi connectivity index (χ1) is 10.6. The van der Waals surface area contributed by atoms with E-state index < -0.39 is 0 Å². The molecule has 2 nitrogen and oxygen atoms in total. The highest BCUT2D eigenvalue weighted by Crippen LogP contribution is 2.25. The number of anilines is 1. The predicted molar refractivity (Wildman–Crippen MR) is 92.6 cm³/mol. The van der Waals surface area contributed by atoms with E-state index in [0.29, 0.717) is 5.11 Å². The number of hydrogen-bond acceptors (Lipinski definition) is 1. The highest BCUT2D eigenvalue weighted by Gasteiger charge is 2.14. The molecule has 0 amide bonds. The molecular formula is C18H19FN2S. The van der Waals surface area contributed by atoms with Gasteiger partial charge < -0.3 is 10.6 Å². The molecule has 1 atom stereocenters. The van der Waals surface area contributed by atoms with Gasteiger partial charge in [0.1, 0.15) is 5.82 Å². The van der Waals surface area contributed by atoms with Gasteiger partial charge in [0.15, 0.2) is 5.11 Å². The van der Waals surface area contributed by atoms with Crippen LogP contribution in [0.5, 0.6) is 0 Å². The Morgan fingerprint density at radius 1 is 1.09 bits per heavy atom. The first-order valence-corrected chi connectivity index (χ1v) is 7.97. The average molecular weight is 314 g/mol. The van der Waals surface area contributed by atoms with Crippen molar-refractivity contribution in [1.29, 1.82) is 0 Å². The molecular weight excluding hydrogens is 295 g/mol. The topological polar surface area (TPSA) is 24.1 Å². The van der Waals surface area contributed by atoms with Crippen molar-refractivity contribution in [3.05, 3.63) is 65.0 Å². The molecule has 0 fully saturated rings. The molecule has 0 aliphatic heterocycles. The second kappa shape index (κ2) is 6.44. The van der Waals surface area contributed by atoms with E-state index in [0.717, 1.165) is 5.69 Å². The van der Waals surface area contributed by atoms with Gasteiger partial charge in [-0.05, 0) is 79.4 Å². The molecule has 114 valence electrons. The third-order valence-corrected chi connectivity index (χ3v) is 4.29. The minimum Gasteiger partial charge on any atom is -0.356 e. The summed E-state index contributed by atoms with van der Waals surface area (Å²) in [5.74, 6) is -0.254. The van der Waals surface area contributed by atoms with Crippen molar-refractivity contribution < 1.29 is 4.39 Å². The molecule has 0 bridgehead atoms. The number of fused-ring (bicyclic) bond motifs is 1. The summed E-state index contributed by atoms with van der Waals surface area (Å²) in [6, 6.07) is 13.0. The molecule has 4 heteroatoms. The number of hydrogen-bond donors (Lipinski definition) is 2. The second-order valence-electron chi connectivity index (χ2n) is 5.71. The number of halogens is 1. The van der Waals surface area contributed by atoms with E-state index in [2.05, 4.69) is 35.8 Å². The number of benzene rings is 2. The lowest BCUT2D eigenvalue weighted by Crippen LogP contribution is -2.30. The van der Waals surface area contributed by atoms with Gasteiger partial charge in [-0.3, -0.25) is 0 Å². The summed E-state index contributed by atoms with van der Waals surface area (Å²) in [6.45, 7) is 2.09. The zero-order chi connectivity index (χ0) is 15.5. The van der Waals surface area contributed by atoms with Gasteiger partial charge in [-0.15, -0.1) is 0 Å². The molecule has 2 N–H and O–H groups in total. The van der Waals surface area contributed by atoms with Gasteiger partial charge in [0.2, 0.25) is 0 Å². The number of nitrogens with one attached hydrogen (secondary N) is 2. The normalized spacial score (nSPS) is 14.3. The molecule has 0 aromatic heterocycles. The Kier molecular flexibility index (Phi) is 4.39. The molecule has 22 heavy (non-hydrogen) atoms. The van der Waals surface area contributed by atoms with Gasteiger partial charge in [-0.2, -0.15) is 0 Å². The zero-order valence-electron chi connectivity index (χ0n) is 12.5. The van der Waals surface area contributed by atoms with Crippen molar-refractivity contribution >= 4 is 23.0 Å². The van der Waals surface area contributed by atoms with E-state index in [4.69, 9.17) is 12.2 Å². The minimum atomic E-state index is -0.254. The van der Waals surface area contributed by atoms with Gasteiger partial charge in [-0.1, -0.05) is 18.2 Å². The highest BCUT2D eigenvalue weighted by molar-refractivity contribution is 7.80. The average Bonchev–Trinajstić information content (AvgIpc) is 2.97. The van der Waals surface area contributed by atoms with Gasteiger partial charge in [0, 0.05) is 5.69 Å². The highest BCUT2D eigenvalue weighted by atomic mass is 32.1. The summed E-state index contributed by atoms with van der Waals surface area (Å²) in [7, 11) is 0. The smallest absolute Gasteiger partial charge is 0.171 e. The van der Waals surface area contributed by atoms with Crippen LogP contribution in [0.2, 0.25) is 0 Å². The van der Waals surface area contributed by atoms with Gasteiger partial charge >= 0.3 is 0 Å². The molecule has 0 saturated carbocycles. The van der Waals surface area contributed by atoms with E-state index in [1.54, 1.807) is 12.1 Å². The first kappa shape index (κ1) is 15.0. The van der Waals surface area contributed by atoms with Crippen molar-refractivity contribution in [2.45, 2.75) is 32.2 Å². The lowest BCUT2D eigenvalue weighted by atomic mass is 10.0. The van der Waals surface area contributed by atoms with Crippen molar-refractivity contribution in [3.63, 3.8) is 0 Å². The summed E-state index contributed by atoms with van der Waals surface area (Å²) < 4.78 is 12.9. The van der Waals surface area contributed by atoms with Crippen molar-refractivity contribution in [1.82, 2.24) is 5.32 Å². The van der Waals surface area contributed by atoms with Crippen LogP contribution < -0.4 is 10.6 Å². The third-order valence-electron chi connectivity index (χ3n) is 4.07. The monoisotopic (exact) mass is 314 g/mol. The molecule has 3 rings (SSSR count).